The molecule has 0 radical (unpaired) electrons. The van der Waals surface area contributed by atoms with Crippen LogP contribution in [0.25, 0.3) is 22.5 Å². The molecule has 0 saturated carbocycles. The number of aryl methyl sites for hydroxylation is 1. The largest absolute Gasteiger partial charge is 0.452 e. The Bertz CT molecular complexity index is 879. The van der Waals surface area contributed by atoms with Gasteiger partial charge >= 0.3 is 5.69 Å². The highest BCUT2D eigenvalue weighted by molar-refractivity contribution is 5.76. The van der Waals surface area contributed by atoms with E-state index in [1.165, 1.54) is 13.0 Å². The van der Waals surface area contributed by atoms with Gasteiger partial charge in [0, 0.05) is 6.92 Å². The van der Waals surface area contributed by atoms with E-state index < -0.39 is 10.5 Å². The van der Waals surface area contributed by atoms with Gasteiger partial charge < -0.3 is 9.40 Å². The van der Waals surface area contributed by atoms with E-state index in [1.54, 1.807) is 24.3 Å². The van der Waals surface area contributed by atoms with Crippen LogP contribution in [0.2, 0.25) is 0 Å². The van der Waals surface area contributed by atoms with Gasteiger partial charge in [0.25, 0.3) is 5.56 Å². The number of rotatable bonds is 2. The fourth-order valence-electron chi connectivity index (χ4n) is 1.97. The monoisotopic (exact) mass is 271 g/mol. The maximum atomic E-state index is 12.0. The average molecular weight is 271 g/mol. The number of benzene rings is 1. The predicted molar refractivity (Wildman–Crippen MR) is 71.5 cm³/mol. The SMILES string of the molecule is Cc1oc(-c2nc3ccccc3[nH]c2=O)cc1[N+](=O)[O-]. The third-order valence-corrected chi connectivity index (χ3v) is 2.92. The number of hydrogen-bond acceptors (Lipinski definition) is 5. The number of hydrogen-bond donors (Lipinski definition) is 1. The summed E-state index contributed by atoms with van der Waals surface area (Å²) in [6, 6.07) is 8.23. The van der Waals surface area contributed by atoms with Gasteiger partial charge in [-0.15, -0.1) is 0 Å². The van der Waals surface area contributed by atoms with Crippen molar-refractivity contribution in [3.05, 3.63) is 56.6 Å². The van der Waals surface area contributed by atoms with Gasteiger partial charge in [-0.25, -0.2) is 4.98 Å². The third-order valence-electron chi connectivity index (χ3n) is 2.92. The van der Waals surface area contributed by atoms with Crippen molar-refractivity contribution < 1.29 is 9.34 Å². The highest BCUT2D eigenvalue weighted by Crippen LogP contribution is 2.27. The highest BCUT2D eigenvalue weighted by Gasteiger charge is 2.21. The number of aromatic amines is 1. The molecule has 100 valence electrons. The summed E-state index contributed by atoms with van der Waals surface area (Å²) in [5.41, 5.74) is 0.583. The molecule has 0 aliphatic rings. The van der Waals surface area contributed by atoms with E-state index >= 15 is 0 Å². The number of para-hydroxylation sites is 2. The van der Waals surface area contributed by atoms with Crippen molar-refractivity contribution in [2.75, 3.05) is 0 Å². The lowest BCUT2D eigenvalue weighted by atomic mass is 10.2. The molecule has 2 heterocycles. The number of fused-ring (bicyclic) bond motifs is 1. The Kier molecular flexibility index (Phi) is 2.60. The van der Waals surface area contributed by atoms with E-state index in [0.717, 1.165) is 0 Å². The van der Waals surface area contributed by atoms with Crippen LogP contribution in [0.3, 0.4) is 0 Å². The second-order valence-corrected chi connectivity index (χ2v) is 4.24. The number of nitrogens with zero attached hydrogens (tertiary/aromatic N) is 2. The van der Waals surface area contributed by atoms with Gasteiger partial charge in [-0.3, -0.25) is 14.9 Å². The molecule has 0 spiro atoms. The van der Waals surface area contributed by atoms with Crippen LogP contribution in [-0.2, 0) is 0 Å². The van der Waals surface area contributed by atoms with E-state index in [9.17, 15) is 14.9 Å². The van der Waals surface area contributed by atoms with Crippen LogP contribution in [0.5, 0.6) is 0 Å². The average Bonchev–Trinajstić information content (AvgIpc) is 2.80. The Labute approximate surface area is 112 Å². The summed E-state index contributed by atoms with van der Waals surface area (Å²) in [5.74, 6) is 0.223. The van der Waals surface area contributed by atoms with Gasteiger partial charge in [-0.05, 0) is 12.1 Å². The van der Waals surface area contributed by atoms with Gasteiger partial charge in [-0.1, -0.05) is 12.1 Å². The number of aromatic nitrogens is 2. The fourth-order valence-corrected chi connectivity index (χ4v) is 1.97. The Morgan fingerprint density at radius 3 is 2.80 bits per heavy atom. The molecule has 0 aliphatic carbocycles. The topological polar surface area (TPSA) is 102 Å². The number of nitrogens with one attached hydrogen (secondary N) is 1. The zero-order valence-corrected chi connectivity index (χ0v) is 10.4. The molecule has 20 heavy (non-hydrogen) atoms. The van der Waals surface area contributed by atoms with Crippen LogP contribution in [0.15, 0.2) is 39.5 Å². The summed E-state index contributed by atoms with van der Waals surface area (Å²) in [7, 11) is 0. The lowest BCUT2D eigenvalue weighted by Gasteiger charge is -1.99. The predicted octanol–water partition coefficient (Wildman–Crippen LogP) is 2.40. The quantitative estimate of drug-likeness (QED) is 0.569. The molecule has 1 aromatic carbocycles. The summed E-state index contributed by atoms with van der Waals surface area (Å²) in [5, 5.41) is 10.8. The lowest BCUT2D eigenvalue weighted by molar-refractivity contribution is -0.385. The zero-order valence-electron chi connectivity index (χ0n) is 10.4. The Balaban J connectivity index is 2.24. The summed E-state index contributed by atoms with van der Waals surface area (Å²) in [4.78, 5) is 29.1. The molecule has 0 fully saturated rings. The van der Waals surface area contributed by atoms with E-state index in [-0.39, 0.29) is 22.9 Å². The van der Waals surface area contributed by atoms with Gasteiger partial charge in [0.2, 0.25) is 0 Å². The molecule has 0 bridgehead atoms. The summed E-state index contributed by atoms with van der Waals surface area (Å²) >= 11 is 0. The van der Waals surface area contributed by atoms with Crippen LogP contribution in [0.1, 0.15) is 5.76 Å². The maximum absolute atomic E-state index is 12.0. The second-order valence-electron chi connectivity index (χ2n) is 4.24. The minimum atomic E-state index is -0.558. The van der Waals surface area contributed by atoms with Gasteiger partial charge in [-0.2, -0.15) is 0 Å². The van der Waals surface area contributed by atoms with Crippen molar-refractivity contribution >= 4 is 16.7 Å². The van der Waals surface area contributed by atoms with E-state index in [0.29, 0.717) is 11.0 Å². The van der Waals surface area contributed by atoms with Crippen molar-refractivity contribution in [1.29, 1.82) is 0 Å². The third kappa shape index (κ3) is 1.85. The second kappa shape index (κ2) is 4.30. The van der Waals surface area contributed by atoms with Gasteiger partial charge in [0.05, 0.1) is 22.0 Å². The Hall–Kier alpha value is -2.96. The molecule has 2 aromatic heterocycles. The molecule has 1 N–H and O–H groups in total. The molecule has 0 unspecified atom stereocenters. The molecule has 0 saturated heterocycles. The highest BCUT2D eigenvalue weighted by atomic mass is 16.6. The Morgan fingerprint density at radius 2 is 2.10 bits per heavy atom. The fraction of sp³-hybridized carbons (Fsp3) is 0.0769. The summed E-state index contributed by atoms with van der Waals surface area (Å²) in [6.07, 6.45) is 0. The molecular weight excluding hydrogens is 262 g/mol. The van der Waals surface area contributed by atoms with Crippen LogP contribution in [0.4, 0.5) is 5.69 Å². The van der Waals surface area contributed by atoms with Crippen molar-refractivity contribution in [3.63, 3.8) is 0 Å². The smallest absolute Gasteiger partial charge is 0.310 e. The zero-order chi connectivity index (χ0) is 14.3. The maximum Gasteiger partial charge on any atom is 0.310 e. The first kappa shape index (κ1) is 12.1. The molecule has 0 atom stereocenters. The minimum absolute atomic E-state index is 0.0277. The number of furan rings is 1. The van der Waals surface area contributed by atoms with Crippen molar-refractivity contribution in [2.24, 2.45) is 0 Å². The molecule has 3 aromatic rings. The lowest BCUT2D eigenvalue weighted by Crippen LogP contribution is -2.10. The van der Waals surface area contributed by atoms with Crippen LogP contribution in [-0.4, -0.2) is 14.9 Å². The summed E-state index contributed by atoms with van der Waals surface area (Å²) in [6.45, 7) is 1.47. The van der Waals surface area contributed by atoms with Crippen molar-refractivity contribution in [2.45, 2.75) is 6.92 Å². The molecule has 7 heteroatoms. The normalized spacial score (nSPS) is 10.8. The number of nitro groups is 1. The molecule has 7 nitrogen and oxygen atoms in total. The molecular formula is C13H9N3O4. The Morgan fingerprint density at radius 1 is 1.35 bits per heavy atom. The van der Waals surface area contributed by atoms with Gasteiger partial charge in [0.15, 0.2) is 17.2 Å². The summed E-state index contributed by atoms with van der Waals surface area (Å²) < 4.78 is 5.27. The first-order valence-electron chi connectivity index (χ1n) is 5.80. The van der Waals surface area contributed by atoms with E-state index in [2.05, 4.69) is 9.97 Å². The first-order chi connectivity index (χ1) is 9.56. The standard InChI is InChI=1S/C13H9N3O4/c1-7-10(16(18)19)6-11(20-7)12-13(17)15-9-5-3-2-4-8(9)14-12/h2-6H,1H3,(H,15,17). The first-order valence-corrected chi connectivity index (χ1v) is 5.80. The molecule has 0 aliphatic heterocycles. The van der Waals surface area contributed by atoms with Crippen LogP contribution < -0.4 is 5.56 Å². The van der Waals surface area contributed by atoms with Gasteiger partial charge in [0.1, 0.15) is 0 Å². The van der Waals surface area contributed by atoms with Crippen LogP contribution >= 0.6 is 0 Å². The van der Waals surface area contributed by atoms with E-state index in [4.69, 9.17) is 4.42 Å². The van der Waals surface area contributed by atoms with Crippen molar-refractivity contribution in [1.82, 2.24) is 9.97 Å². The van der Waals surface area contributed by atoms with Crippen molar-refractivity contribution in [3.8, 4) is 11.5 Å². The number of H-pyrrole nitrogens is 1. The minimum Gasteiger partial charge on any atom is -0.452 e. The molecule has 3 rings (SSSR count). The van der Waals surface area contributed by atoms with Crippen LogP contribution in [0, 0.1) is 17.0 Å². The van der Waals surface area contributed by atoms with E-state index in [1.807, 2.05) is 0 Å². The molecule has 0 amide bonds.